The predicted molar refractivity (Wildman–Crippen MR) is 55.0 cm³/mol. The fourth-order valence-electron chi connectivity index (χ4n) is 2.41. The van der Waals surface area contributed by atoms with Gasteiger partial charge in [0, 0.05) is 31.7 Å². The molecule has 1 aromatic heterocycles. The van der Waals surface area contributed by atoms with Crippen molar-refractivity contribution in [2.45, 2.75) is 38.8 Å². The predicted octanol–water partition coefficient (Wildman–Crippen LogP) is 1.33. The van der Waals surface area contributed by atoms with Gasteiger partial charge < -0.3 is 9.88 Å². The summed E-state index contributed by atoms with van der Waals surface area (Å²) < 4.78 is 2.39. The molecule has 0 saturated heterocycles. The van der Waals surface area contributed by atoms with Crippen LogP contribution in [0.2, 0.25) is 0 Å². The summed E-state index contributed by atoms with van der Waals surface area (Å²) in [5.74, 6) is 0.934. The fraction of sp³-hybridized carbons (Fsp3) is 0.727. The molecule has 0 radical (unpaired) electrons. The number of nitrogens with one attached hydrogen (secondary N) is 1. The number of fused-ring (bicyclic) bond motifs is 1. The van der Waals surface area contributed by atoms with Crippen LogP contribution in [0.1, 0.15) is 30.7 Å². The highest BCUT2D eigenvalue weighted by Gasteiger charge is 2.21. The highest BCUT2D eigenvalue weighted by atomic mass is 15.1. The van der Waals surface area contributed by atoms with E-state index < -0.39 is 0 Å². The van der Waals surface area contributed by atoms with Gasteiger partial charge in [-0.05, 0) is 18.8 Å². The molecule has 3 heteroatoms. The lowest BCUT2D eigenvalue weighted by Gasteiger charge is -2.27. The SMILES string of the molecule is c1nc2c(n1CC1CCC1)CCNC2. The van der Waals surface area contributed by atoms with E-state index in [1.165, 1.54) is 37.2 Å². The lowest BCUT2D eigenvalue weighted by molar-refractivity contribution is 0.273. The Morgan fingerprint density at radius 3 is 3.21 bits per heavy atom. The van der Waals surface area contributed by atoms with Crippen molar-refractivity contribution in [2.75, 3.05) is 6.54 Å². The first-order valence-electron chi connectivity index (χ1n) is 5.67. The molecule has 76 valence electrons. The largest absolute Gasteiger partial charge is 0.334 e. The molecular weight excluding hydrogens is 174 g/mol. The van der Waals surface area contributed by atoms with Crippen LogP contribution in [0.5, 0.6) is 0 Å². The third kappa shape index (κ3) is 1.36. The minimum atomic E-state index is 0.934. The zero-order valence-corrected chi connectivity index (χ0v) is 8.50. The zero-order valence-electron chi connectivity index (χ0n) is 8.50. The molecule has 0 bridgehead atoms. The number of hydrogen-bond acceptors (Lipinski definition) is 2. The lowest BCUT2D eigenvalue weighted by atomic mass is 9.85. The number of nitrogens with zero attached hydrogens (tertiary/aromatic N) is 2. The van der Waals surface area contributed by atoms with E-state index in [1.807, 2.05) is 6.33 Å². The van der Waals surface area contributed by atoms with E-state index >= 15 is 0 Å². The highest BCUT2D eigenvalue weighted by molar-refractivity contribution is 5.16. The van der Waals surface area contributed by atoms with Gasteiger partial charge >= 0.3 is 0 Å². The third-order valence-electron chi connectivity index (χ3n) is 3.54. The van der Waals surface area contributed by atoms with Crippen molar-refractivity contribution in [3.8, 4) is 0 Å². The summed E-state index contributed by atoms with van der Waals surface area (Å²) in [6.07, 6.45) is 7.47. The first-order valence-corrected chi connectivity index (χ1v) is 5.67. The van der Waals surface area contributed by atoms with E-state index in [-0.39, 0.29) is 0 Å². The van der Waals surface area contributed by atoms with Gasteiger partial charge in [0.05, 0.1) is 12.0 Å². The Bertz CT molecular complexity index is 325. The van der Waals surface area contributed by atoms with Gasteiger partial charge in [-0.25, -0.2) is 4.98 Å². The van der Waals surface area contributed by atoms with Crippen LogP contribution in [0.25, 0.3) is 0 Å². The maximum absolute atomic E-state index is 4.47. The van der Waals surface area contributed by atoms with Gasteiger partial charge in [-0.1, -0.05) is 6.42 Å². The second-order valence-corrected chi connectivity index (χ2v) is 4.51. The average molecular weight is 191 g/mol. The smallest absolute Gasteiger partial charge is 0.0952 e. The van der Waals surface area contributed by atoms with Crippen LogP contribution in [0.3, 0.4) is 0 Å². The molecule has 0 amide bonds. The van der Waals surface area contributed by atoms with Crippen LogP contribution < -0.4 is 5.32 Å². The van der Waals surface area contributed by atoms with Crippen LogP contribution >= 0.6 is 0 Å². The molecule has 1 N–H and O–H groups in total. The Hall–Kier alpha value is -0.830. The topological polar surface area (TPSA) is 29.9 Å². The van der Waals surface area contributed by atoms with Gasteiger partial charge in [0.1, 0.15) is 0 Å². The molecule has 1 aliphatic carbocycles. The molecule has 14 heavy (non-hydrogen) atoms. The Labute approximate surface area is 84.5 Å². The standard InChI is InChI=1S/C11H17N3/c1-2-9(3-1)7-14-8-13-10-6-12-5-4-11(10)14/h8-9,12H,1-7H2. The zero-order chi connectivity index (χ0) is 9.38. The minimum absolute atomic E-state index is 0.934. The summed E-state index contributed by atoms with van der Waals surface area (Å²) in [4.78, 5) is 4.47. The van der Waals surface area contributed by atoms with Gasteiger partial charge in [-0.3, -0.25) is 0 Å². The van der Waals surface area contributed by atoms with Crippen LogP contribution in [0.4, 0.5) is 0 Å². The Balaban J connectivity index is 1.79. The molecule has 2 aliphatic rings. The van der Waals surface area contributed by atoms with Crippen LogP contribution in [0.15, 0.2) is 6.33 Å². The highest BCUT2D eigenvalue weighted by Crippen LogP contribution is 2.28. The molecule has 2 heterocycles. The van der Waals surface area contributed by atoms with E-state index in [9.17, 15) is 0 Å². The Morgan fingerprint density at radius 1 is 1.50 bits per heavy atom. The normalized spacial score (nSPS) is 21.7. The van der Waals surface area contributed by atoms with Crippen LogP contribution in [0, 0.1) is 5.92 Å². The van der Waals surface area contributed by atoms with Crippen molar-refractivity contribution in [2.24, 2.45) is 5.92 Å². The molecule has 1 fully saturated rings. The minimum Gasteiger partial charge on any atom is -0.334 e. The van der Waals surface area contributed by atoms with Crippen LogP contribution in [-0.2, 0) is 19.5 Å². The van der Waals surface area contributed by atoms with Crippen molar-refractivity contribution in [3.63, 3.8) is 0 Å². The summed E-state index contributed by atoms with van der Waals surface area (Å²) >= 11 is 0. The van der Waals surface area contributed by atoms with E-state index in [4.69, 9.17) is 0 Å². The molecule has 1 aliphatic heterocycles. The lowest BCUT2D eigenvalue weighted by Crippen LogP contribution is -2.26. The monoisotopic (exact) mass is 191 g/mol. The van der Waals surface area contributed by atoms with Gasteiger partial charge in [0.2, 0.25) is 0 Å². The van der Waals surface area contributed by atoms with Gasteiger partial charge in [-0.2, -0.15) is 0 Å². The second-order valence-electron chi connectivity index (χ2n) is 4.51. The van der Waals surface area contributed by atoms with Gasteiger partial charge in [0.15, 0.2) is 0 Å². The van der Waals surface area contributed by atoms with Gasteiger partial charge in [-0.15, -0.1) is 0 Å². The molecule has 0 aromatic carbocycles. The second kappa shape index (κ2) is 3.39. The van der Waals surface area contributed by atoms with Crippen molar-refractivity contribution in [3.05, 3.63) is 17.7 Å². The molecule has 0 unspecified atom stereocenters. The first-order chi connectivity index (χ1) is 6.93. The van der Waals surface area contributed by atoms with E-state index in [1.54, 1.807) is 0 Å². The summed E-state index contributed by atoms with van der Waals surface area (Å²) in [6.45, 7) is 3.29. The van der Waals surface area contributed by atoms with Crippen molar-refractivity contribution in [1.29, 1.82) is 0 Å². The summed E-state index contributed by atoms with van der Waals surface area (Å²) in [5.41, 5.74) is 2.76. The first kappa shape index (κ1) is 8.48. The van der Waals surface area contributed by atoms with Crippen LogP contribution in [-0.4, -0.2) is 16.1 Å². The number of imidazole rings is 1. The Morgan fingerprint density at radius 2 is 2.43 bits per heavy atom. The fourth-order valence-corrected chi connectivity index (χ4v) is 2.41. The summed E-state index contributed by atoms with van der Waals surface area (Å²) in [7, 11) is 0. The molecule has 3 rings (SSSR count). The molecule has 0 spiro atoms. The van der Waals surface area contributed by atoms with E-state index in [2.05, 4.69) is 14.9 Å². The Kier molecular flexibility index (Phi) is 2.05. The molecule has 0 atom stereocenters. The number of rotatable bonds is 2. The third-order valence-corrected chi connectivity index (χ3v) is 3.54. The van der Waals surface area contributed by atoms with E-state index in [0.717, 1.165) is 25.4 Å². The average Bonchev–Trinajstić information content (AvgIpc) is 2.55. The van der Waals surface area contributed by atoms with Gasteiger partial charge in [0.25, 0.3) is 0 Å². The molecule has 3 nitrogen and oxygen atoms in total. The molecule has 1 saturated carbocycles. The van der Waals surface area contributed by atoms with E-state index in [0.29, 0.717) is 0 Å². The quantitative estimate of drug-likeness (QED) is 0.764. The van der Waals surface area contributed by atoms with Crippen molar-refractivity contribution >= 4 is 0 Å². The summed E-state index contributed by atoms with van der Waals surface area (Å²) in [6, 6.07) is 0. The number of aromatic nitrogens is 2. The molecular formula is C11H17N3. The van der Waals surface area contributed by atoms with Crippen molar-refractivity contribution in [1.82, 2.24) is 14.9 Å². The maximum Gasteiger partial charge on any atom is 0.0952 e. The number of hydrogen-bond donors (Lipinski definition) is 1. The summed E-state index contributed by atoms with van der Waals surface area (Å²) in [5, 5.41) is 3.36. The van der Waals surface area contributed by atoms with Crippen molar-refractivity contribution < 1.29 is 0 Å². The maximum atomic E-state index is 4.47. The molecule has 1 aromatic rings.